The van der Waals surface area contributed by atoms with Gasteiger partial charge in [0.05, 0.1) is 12.5 Å². The SMILES string of the molecule is N#CCCOC(=O)CCCBr. The van der Waals surface area contributed by atoms with Crippen LogP contribution in [0.1, 0.15) is 19.3 Å². The van der Waals surface area contributed by atoms with E-state index in [0.717, 1.165) is 11.8 Å². The number of carbonyl (C=O) groups is 1. The summed E-state index contributed by atoms with van der Waals surface area (Å²) in [4.78, 5) is 10.7. The van der Waals surface area contributed by atoms with Crippen molar-refractivity contribution in [1.29, 1.82) is 5.26 Å². The third-order valence-corrected chi connectivity index (χ3v) is 1.55. The average Bonchev–Trinajstić information content (AvgIpc) is 2.01. The number of ether oxygens (including phenoxy) is 1. The zero-order valence-corrected chi connectivity index (χ0v) is 7.76. The zero-order chi connectivity index (χ0) is 8.53. The summed E-state index contributed by atoms with van der Waals surface area (Å²) in [7, 11) is 0. The van der Waals surface area contributed by atoms with Crippen molar-refractivity contribution in [3.8, 4) is 6.07 Å². The van der Waals surface area contributed by atoms with Gasteiger partial charge < -0.3 is 4.74 Å². The smallest absolute Gasteiger partial charge is 0.305 e. The highest BCUT2D eigenvalue weighted by Crippen LogP contribution is 1.96. The second-order valence-electron chi connectivity index (χ2n) is 1.92. The van der Waals surface area contributed by atoms with E-state index in [4.69, 9.17) is 10.00 Å². The number of nitrogens with zero attached hydrogens (tertiary/aromatic N) is 1. The van der Waals surface area contributed by atoms with Gasteiger partial charge in [-0.15, -0.1) is 0 Å². The average molecular weight is 220 g/mol. The lowest BCUT2D eigenvalue weighted by Gasteiger charge is -1.99. The van der Waals surface area contributed by atoms with Gasteiger partial charge in [-0.05, 0) is 6.42 Å². The Morgan fingerprint density at radius 1 is 1.64 bits per heavy atom. The van der Waals surface area contributed by atoms with E-state index in [1.54, 1.807) is 0 Å². The predicted octanol–water partition coefficient (Wildman–Crippen LogP) is 1.62. The number of alkyl halides is 1. The summed E-state index contributed by atoms with van der Waals surface area (Å²) < 4.78 is 4.70. The summed E-state index contributed by atoms with van der Waals surface area (Å²) in [6.07, 6.45) is 1.49. The first-order chi connectivity index (χ1) is 5.31. The van der Waals surface area contributed by atoms with Crippen molar-refractivity contribution in [2.75, 3.05) is 11.9 Å². The third kappa shape index (κ3) is 7.34. The first-order valence-electron chi connectivity index (χ1n) is 3.39. The Morgan fingerprint density at radius 3 is 2.91 bits per heavy atom. The molecule has 0 rings (SSSR count). The summed E-state index contributed by atoms with van der Waals surface area (Å²) in [6.45, 7) is 0.220. The second-order valence-corrected chi connectivity index (χ2v) is 2.71. The molecule has 0 fully saturated rings. The number of hydrogen-bond acceptors (Lipinski definition) is 3. The fraction of sp³-hybridized carbons (Fsp3) is 0.714. The molecule has 0 aliphatic carbocycles. The van der Waals surface area contributed by atoms with Gasteiger partial charge in [0.25, 0.3) is 0 Å². The molecular formula is C7H10BrNO2. The van der Waals surface area contributed by atoms with Gasteiger partial charge in [0.2, 0.25) is 0 Å². The van der Waals surface area contributed by atoms with Crippen molar-refractivity contribution >= 4 is 21.9 Å². The number of carbonyl (C=O) groups excluding carboxylic acids is 1. The Balaban J connectivity index is 3.17. The van der Waals surface area contributed by atoms with E-state index in [2.05, 4.69) is 15.9 Å². The number of rotatable bonds is 5. The molecule has 0 unspecified atom stereocenters. The summed E-state index contributed by atoms with van der Waals surface area (Å²) in [5.74, 6) is -0.222. The highest BCUT2D eigenvalue weighted by Gasteiger charge is 1.99. The second kappa shape index (κ2) is 7.55. The van der Waals surface area contributed by atoms with Crippen LogP contribution in [0, 0.1) is 11.3 Å². The van der Waals surface area contributed by atoms with Gasteiger partial charge in [0, 0.05) is 11.8 Å². The van der Waals surface area contributed by atoms with Crippen molar-refractivity contribution in [3.63, 3.8) is 0 Å². The minimum absolute atomic E-state index is 0.220. The monoisotopic (exact) mass is 219 g/mol. The molecule has 11 heavy (non-hydrogen) atoms. The number of halogens is 1. The molecular weight excluding hydrogens is 210 g/mol. The Bertz CT molecular complexity index is 153. The summed E-state index contributed by atoms with van der Waals surface area (Å²) in [5, 5.41) is 8.91. The van der Waals surface area contributed by atoms with Crippen LogP contribution < -0.4 is 0 Å². The normalized spacial score (nSPS) is 8.73. The van der Waals surface area contributed by atoms with Gasteiger partial charge in [-0.1, -0.05) is 15.9 Å². The fourth-order valence-electron chi connectivity index (χ4n) is 0.494. The van der Waals surface area contributed by atoms with Crippen LogP contribution in [0.5, 0.6) is 0 Å². The molecule has 0 atom stereocenters. The maximum atomic E-state index is 10.7. The highest BCUT2D eigenvalue weighted by molar-refractivity contribution is 9.09. The highest BCUT2D eigenvalue weighted by atomic mass is 79.9. The van der Waals surface area contributed by atoms with Crippen molar-refractivity contribution in [2.45, 2.75) is 19.3 Å². The van der Waals surface area contributed by atoms with Crippen LogP contribution >= 0.6 is 15.9 Å². The Labute approximate surface area is 74.5 Å². The van der Waals surface area contributed by atoms with Crippen LogP contribution in [0.15, 0.2) is 0 Å². The van der Waals surface area contributed by atoms with Crippen molar-refractivity contribution in [1.82, 2.24) is 0 Å². The standard InChI is InChI=1S/C7H10BrNO2/c8-4-1-3-7(10)11-6-2-5-9/h1-4,6H2. The van der Waals surface area contributed by atoms with E-state index in [-0.39, 0.29) is 19.0 Å². The van der Waals surface area contributed by atoms with Crippen LogP contribution in [0.3, 0.4) is 0 Å². The van der Waals surface area contributed by atoms with Gasteiger partial charge in [-0.3, -0.25) is 4.79 Å². The molecule has 0 radical (unpaired) electrons. The minimum Gasteiger partial charge on any atom is -0.465 e. The van der Waals surface area contributed by atoms with Crippen LogP contribution in [-0.4, -0.2) is 17.9 Å². The van der Waals surface area contributed by atoms with Crippen LogP contribution in [0.4, 0.5) is 0 Å². The molecule has 0 amide bonds. The van der Waals surface area contributed by atoms with Gasteiger partial charge >= 0.3 is 5.97 Å². The van der Waals surface area contributed by atoms with Gasteiger partial charge in [0.15, 0.2) is 0 Å². The maximum absolute atomic E-state index is 10.7. The molecule has 0 saturated carbocycles. The summed E-state index contributed by atoms with van der Waals surface area (Å²) in [5.41, 5.74) is 0. The molecule has 0 saturated heterocycles. The molecule has 0 bridgehead atoms. The first kappa shape index (κ1) is 10.4. The molecule has 0 heterocycles. The summed E-state index contributed by atoms with van der Waals surface area (Å²) >= 11 is 3.20. The lowest BCUT2D eigenvalue weighted by atomic mass is 10.3. The first-order valence-corrected chi connectivity index (χ1v) is 4.52. The largest absolute Gasteiger partial charge is 0.465 e. The lowest BCUT2D eigenvalue weighted by Crippen LogP contribution is -2.05. The maximum Gasteiger partial charge on any atom is 0.305 e. The summed E-state index contributed by atoms with van der Waals surface area (Å²) in [6, 6.07) is 1.89. The van der Waals surface area contributed by atoms with E-state index in [1.165, 1.54) is 0 Å². The lowest BCUT2D eigenvalue weighted by molar-refractivity contribution is -0.143. The quantitative estimate of drug-likeness (QED) is 0.401. The number of esters is 1. The Morgan fingerprint density at radius 2 is 2.36 bits per heavy atom. The Kier molecular flexibility index (Phi) is 7.16. The molecule has 3 nitrogen and oxygen atoms in total. The van der Waals surface area contributed by atoms with Crippen LogP contribution in [-0.2, 0) is 9.53 Å². The van der Waals surface area contributed by atoms with Crippen molar-refractivity contribution in [2.24, 2.45) is 0 Å². The van der Waals surface area contributed by atoms with Gasteiger partial charge in [-0.2, -0.15) is 5.26 Å². The van der Waals surface area contributed by atoms with Gasteiger partial charge in [0.1, 0.15) is 6.61 Å². The molecule has 0 aliphatic heterocycles. The topological polar surface area (TPSA) is 50.1 Å². The van der Waals surface area contributed by atoms with E-state index in [9.17, 15) is 4.79 Å². The zero-order valence-electron chi connectivity index (χ0n) is 6.18. The molecule has 62 valence electrons. The number of nitriles is 1. The molecule has 0 aromatic heterocycles. The molecule has 4 heteroatoms. The molecule has 0 spiro atoms. The van der Waals surface area contributed by atoms with E-state index in [1.807, 2.05) is 6.07 Å². The third-order valence-electron chi connectivity index (χ3n) is 0.991. The fourth-order valence-corrected chi connectivity index (χ4v) is 0.774. The minimum atomic E-state index is -0.222. The van der Waals surface area contributed by atoms with Crippen molar-refractivity contribution < 1.29 is 9.53 Å². The van der Waals surface area contributed by atoms with Gasteiger partial charge in [-0.25, -0.2) is 0 Å². The van der Waals surface area contributed by atoms with E-state index in [0.29, 0.717) is 6.42 Å². The van der Waals surface area contributed by atoms with E-state index < -0.39 is 0 Å². The molecule has 0 aliphatic rings. The molecule has 0 aromatic rings. The van der Waals surface area contributed by atoms with Crippen LogP contribution in [0.25, 0.3) is 0 Å². The predicted molar refractivity (Wildman–Crippen MR) is 44.2 cm³/mol. The molecule has 0 N–H and O–H groups in total. The van der Waals surface area contributed by atoms with Crippen molar-refractivity contribution in [3.05, 3.63) is 0 Å². The molecule has 0 aromatic carbocycles. The van der Waals surface area contributed by atoms with Crippen LogP contribution in [0.2, 0.25) is 0 Å². The number of hydrogen-bond donors (Lipinski definition) is 0. The Hall–Kier alpha value is -0.560. The van der Waals surface area contributed by atoms with E-state index >= 15 is 0 Å².